The number of hydrogen-bond donors (Lipinski definition) is 1. The number of carbonyl (C=O) groups is 1. The number of ether oxygens (including phenoxy) is 2. The summed E-state index contributed by atoms with van der Waals surface area (Å²) in [6.45, 7) is 1.28. The number of methoxy groups -OCH3 is 1. The molecular weight excluding hydrogens is 410 g/mol. The third-order valence-electron chi connectivity index (χ3n) is 4.88. The van der Waals surface area contributed by atoms with Crippen LogP contribution >= 0.6 is 23.5 Å². The van der Waals surface area contributed by atoms with Crippen molar-refractivity contribution in [2.75, 3.05) is 31.8 Å². The number of nitrogens with one attached hydrogen (secondary N) is 1. The molecule has 29 heavy (non-hydrogen) atoms. The summed E-state index contributed by atoms with van der Waals surface area (Å²) in [5, 5.41) is 3.42. The molecule has 3 heterocycles. The molecule has 1 saturated heterocycles. The number of aryl methyl sites for hydroxylation is 1. The number of thioether (sulfide) groups is 2. The molecule has 9 heteroatoms. The lowest BCUT2D eigenvalue weighted by Gasteiger charge is -2.16. The van der Waals surface area contributed by atoms with Gasteiger partial charge in [-0.3, -0.25) is 14.2 Å². The molecule has 4 rings (SSSR count). The molecule has 0 radical (unpaired) electrons. The van der Waals surface area contributed by atoms with E-state index >= 15 is 0 Å². The van der Waals surface area contributed by atoms with Crippen LogP contribution in [0.25, 0.3) is 5.69 Å². The molecular formula is C20H23N3O4S2. The summed E-state index contributed by atoms with van der Waals surface area (Å²) in [6.07, 6.45) is 2.88. The van der Waals surface area contributed by atoms with Gasteiger partial charge in [-0.15, -0.1) is 11.8 Å². The Morgan fingerprint density at radius 3 is 3.10 bits per heavy atom. The number of amides is 1. The monoisotopic (exact) mass is 433 g/mol. The molecule has 2 aliphatic heterocycles. The van der Waals surface area contributed by atoms with Crippen molar-refractivity contribution in [1.82, 2.24) is 14.9 Å². The van der Waals surface area contributed by atoms with Gasteiger partial charge < -0.3 is 14.8 Å². The third-order valence-corrected chi connectivity index (χ3v) is 6.92. The lowest BCUT2D eigenvalue weighted by molar-refractivity contribution is -0.119. The first kappa shape index (κ1) is 20.3. The summed E-state index contributed by atoms with van der Waals surface area (Å²) < 4.78 is 12.6. The highest BCUT2D eigenvalue weighted by Crippen LogP contribution is 2.32. The largest absolute Gasteiger partial charge is 0.495 e. The SMILES string of the molecule is COc1ccccc1-n1c(SCC(=O)NCC2CCCO2)nc2c(c1=O)SCC2. The van der Waals surface area contributed by atoms with Crippen molar-refractivity contribution in [2.24, 2.45) is 0 Å². The van der Waals surface area contributed by atoms with Crippen LogP contribution in [0.3, 0.4) is 0 Å². The van der Waals surface area contributed by atoms with Crippen LogP contribution in [0.1, 0.15) is 18.5 Å². The molecule has 0 saturated carbocycles. The van der Waals surface area contributed by atoms with Crippen molar-refractivity contribution < 1.29 is 14.3 Å². The van der Waals surface area contributed by atoms with E-state index in [1.165, 1.54) is 23.5 Å². The summed E-state index contributed by atoms with van der Waals surface area (Å²) in [7, 11) is 1.57. The maximum absolute atomic E-state index is 13.2. The Morgan fingerprint density at radius 2 is 2.31 bits per heavy atom. The Hall–Kier alpha value is -1.97. The van der Waals surface area contributed by atoms with Crippen LogP contribution in [0.2, 0.25) is 0 Å². The van der Waals surface area contributed by atoms with Crippen LogP contribution in [0.4, 0.5) is 0 Å². The number of hydrogen-bond acceptors (Lipinski definition) is 7. The molecule has 1 unspecified atom stereocenters. The molecule has 1 atom stereocenters. The van der Waals surface area contributed by atoms with Gasteiger partial charge in [0, 0.05) is 25.3 Å². The number of para-hydroxylation sites is 2. The molecule has 1 amide bonds. The zero-order valence-electron chi connectivity index (χ0n) is 16.2. The fourth-order valence-corrected chi connectivity index (χ4v) is 5.31. The molecule has 154 valence electrons. The first-order valence-electron chi connectivity index (χ1n) is 9.60. The number of aromatic nitrogens is 2. The van der Waals surface area contributed by atoms with E-state index in [0.29, 0.717) is 28.0 Å². The maximum atomic E-state index is 13.2. The topological polar surface area (TPSA) is 82.4 Å². The molecule has 7 nitrogen and oxygen atoms in total. The van der Waals surface area contributed by atoms with Gasteiger partial charge in [-0.1, -0.05) is 23.9 Å². The van der Waals surface area contributed by atoms with E-state index in [9.17, 15) is 9.59 Å². The third kappa shape index (κ3) is 4.46. The number of rotatable bonds is 7. The minimum atomic E-state index is -0.107. The minimum Gasteiger partial charge on any atom is -0.495 e. The van der Waals surface area contributed by atoms with Gasteiger partial charge in [0.25, 0.3) is 5.56 Å². The van der Waals surface area contributed by atoms with Crippen LogP contribution in [-0.4, -0.2) is 53.3 Å². The first-order valence-corrected chi connectivity index (χ1v) is 11.6. The molecule has 0 bridgehead atoms. The van der Waals surface area contributed by atoms with Crippen molar-refractivity contribution in [3.8, 4) is 11.4 Å². The molecule has 1 fully saturated rings. The van der Waals surface area contributed by atoms with Gasteiger partial charge in [0.05, 0.1) is 35.2 Å². The number of fused-ring (bicyclic) bond motifs is 1. The maximum Gasteiger partial charge on any atom is 0.272 e. The van der Waals surface area contributed by atoms with E-state index in [2.05, 4.69) is 5.32 Å². The van der Waals surface area contributed by atoms with Gasteiger partial charge in [0.2, 0.25) is 5.91 Å². The molecule has 0 spiro atoms. The fraction of sp³-hybridized carbons (Fsp3) is 0.450. The zero-order chi connectivity index (χ0) is 20.2. The molecule has 1 N–H and O–H groups in total. The van der Waals surface area contributed by atoms with Crippen LogP contribution in [0.5, 0.6) is 5.75 Å². The van der Waals surface area contributed by atoms with Crippen molar-refractivity contribution in [1.29, 1.82) is 0 Å². The van der Waals surface area contributed by atoms with E-state index in [1.54, 1.807) is 11.7 Å². The first-order chi connectivity index (χ1) is 14.2. The minimum absolute atomic E-state index is 0.0961. The highest BCUT2D eigenvalue weighted by atomic mass is 32.2. The van der Waals surface area contributed by atoms with Crippen LogP contribution < -0.4 is 15.6 Å². The quantitative estimate of drug-likeness (QED) is 0.530. The standard InChI is InChI=1S/C20H23N3O4S2/c1-26-16-7-3-2-6-15(16)23-19(25)18-14(8-10-28-18)22-20(23)29-12-17(24)21-11-13-5-4-9-27-13/h2-3,6-7,13H,4-5,8-12H2,1H3,(H,21,24). The normalized spacial score (nSPS) is 17.9. The smallest absolute Gasteiger partial charge is 0.272 e. The van der Waals surface area contributed by atoms with Gasteiger partial charge in [-0.25, -0.2) is 4.98 Å². The second-order valence-corrected chi connectivity index (χ2v) is 8.86. The Bertz CT molecular complexity index is 957. The van der Waals surface area contributed by atoms with E-state index in [4.69, 9.17) is 14.5 Å². The lowest BCUT2D eigenvalue weighted by Crippen LogP contribution is -2.33. The highest BCUT2D eigenvalue weighted by Gasteiger charge is 2.24. The van der Waals surface area contributed by atoms with Crippen molar-refractivity contribution >= 4 is 29.4 Å². The van der Waals surface area contributed by atoms with Gasteiger partial charge in [0.15, 0.2) is 5.16 Å². The van der Waals surface area contributed by atoms with Crippen molar-refractivity contribution in [3.63, 3.8) is 0 Å². The van der Waals surface area contributed by atoms with E-state index < -0.39 is 0 Å². The summed E-state index contributed by atoms with van der Waals surface area (Å²) in [5.74, 6) is 1.52. The van der Waals surface area contributed by atoms with Crippen LogP contribution in [-0.2, 0) is 16.0 Å². The average molecular weight is 434 g/mol. The molecule has 0 aliphatic carbocycles. The van der Waals surface area contributed by atoms with Gasteiger partial charge in [-0.05, 0) is 25.0 Å². The van der Waals surface area contributed by atoms with Gasteiger partial charge >= 0.3 is 0 Å². The number of benzene rings is 1. The Balaban J connectivity index is 1.58. The number of carbonyl (C=O) groups excluding carboxylic acids is 1. The fourth-order valence-electron chi connectivity index (χ4n) is 3.43. The summed E-state index contributed by atoms with van der Waals surface area (Å²) in [5.41, 5.74) is 1.34. The van der Waals surface area contributed by atoms with Crippen LogP contribution in [0, 0.1) is 0 Å². The summed E-state index contributed by atoms with van der Waals surface area (Å²) in [6, 6.07) is 7.35. The Morgan fingerprint density at radius 1 is 1.45 bits per heavy atom. The van der Waals surface area contributed by atoms with Crippen molar-refractivity contribution in [2.45, 2.75) is 35.4 Å². The molecule has 1 aromatic heterocycles. The Labute approximate surface area is 177 Å². The molecule has 2 aliphatic rings. The highest BCUT2D eigenvalue weighted by molar-refractivity contribution is 8.00. The van der Waals surface area contributed by atoms with Gasteiger partial charge in [0.1, 0.15) is 5.75 Å². The van der Waals surface area contributed by atoms with Gasteiger partial charge in [-0.2, -0.15) is 0 Å². The van der Waals surface area contributed by atoms with E-state index in [0.717, 1.165) is 37.3 Å². The van der Waals surface area contributed by atoms with Crippen LogP contribution in [0.15, 0.2) is 39.1 Å². The zero-order valence-corrected chi connectivity index (χ0v) is 17.8. The Kier molecular flexibility index (Phi) is 6.46. The lowest BCUT2D eigenvalue weighted by atomic mass is 10.2. The predicted octanol–water partition coefficient (Wildman–Crippen LogP) is 2.28. The number of nitrogens with zero attached hydrogens (tertiary/aromatic N) is 2. The summed E-state index contributed by atoms with van der Waals surface area (Å²) in [4.78, 5) is 30.9. The second-order valence-electron chi connectivity index (χ2n) is 6.81. The van der Waals surface area contributed by atoms with E-state index in [-0.39, 0.29) is 23.3 Å². The predicted molar refractivity (Wildman–Crippen MR) is 114 cm³/mol. The molecule has 2 aromatic rings. The summed E-state index contributed by atoms with van der Waals surface area (Å²) >= 11 is 2.80. The van der Waals surface area contributed by atoms with Crippen molar-refractivity contribution in [3.05, 3.63) is 40.3 Å². The average Bonchev–Trinajstić information content (AvgIpc) is 3.43. The second kappa shape index (κ2) is 9.23. The van der Waals surface area contributed by atoms with E-state index in [1.807, 2.05) is 24.3 Å². The molecule has 1 aromatic carbocycles.